The second kappa shape index (κ2) is 6.54. The first-order valence-electron chi connectivity index (χ1n) is 6.58. The van der Waals surface area contributed by atoms with Crippen molar-refractivity contribution in [3.63, 3.8) is 0 Å². The fourth-order valence-electron chi connectivity index (χ4n) is 2.03. The molecule has 3 N–H and O–H groups in total. The Morgan fingerprint density at radius 2 is 2.26 bits per heavy atom. The van der Waals surface area contributed by atoms with Gasteiger partial charge in [-0.15, -0.1) is 0 Å². The smallest absolute Gasteiger partial charge is 0.261 e. The zero-order valence-corrected chi connectivity index (χ0v) is 11.1. The highest BCUT2D eigenvalue weighted by molar-refractivity contribution is 5.82. The molecular weight excluding hydrogens is 244 g/mol. The van der Waals surface area contributed by atoms with Crippen LogP contribution in [0.3, 0.4) is 0 Å². The number of hydrogen-bond donors (Lipinski definition) is 3. The molecule has 0 fully saturated rings. The molecule has 19 heavy (non-hydrogen) atoms. The standard InChI is InChI=1S/C14H20N2O3/c1-10(17)9-15-6-7-16-14(18)13-8-11-4-2-3-5-12(11)19-13/h2-5,10,13,15,17H,6-9H2,1H3,(H,16,18). The molecule has 5 heteroatoms. The molecular formula is C14H20N2O3. The van der Waals surface area contributed by atoms with Gasteiger partial charge in [0.15, 0.2) is 6.10 Å². The van der Waals surface area contributed by atoms with Gasteiger partial charge in [0, 0.05) is 26.1 Å². The number of hydrogen-bond acceptors (Lipinski definition) is 4. The van der Waals surface area contributed by atoms with Crippen LogP contribution in [0, 0.1) is 0 Å². The highest BCUT2D eigenvalue weighted by atomic mass is 16.5. The van der Waals surface area contributed by atoms with Gasteiger partial charge < -0.3 is 20.5 Å². The number of carbonyl (C=O) groups excluding carboxylic acids is 1. The van der Waals surface area contributed by atoms with E-state index in [-0.39, 0.29) is 12.0 Å². The average molecular weight is 264 g/mol. The van der Waals surface area contributed by atoms with E-state index >= 15 is 0 Å². The number of nitrogens with one attached hydrogen (secondary N) is 2. The molecule has 1 aliphatic heterocycles. The number of rotatable bonds is 6. The largest absolute Gasteiger partial charge is 0.480 e. The molecule has 1 heterocycles. The summed E-state index contributed by atoms with van der Waals surface area (Å²) in [5.41, 5.74) is 1.08. The molecule has 0 aromatic heterocycles. The van der Waals surface area contributed by atoms with E-state index in [0.29, 0.717) is 26.1 Å². The number of para-hydroxylation sites is 1. The van der Waals surface area contributed by atoms with E-state index in [2.05, 4.69) is 10.6 Å². The van der Waals surface area contributed by atoms with Gasteiger partial charge in [0.1, 0.15) is 5.75 Å². The van der Waals surface area contributed by atoms with Crippen LogP contribution < -0.4 is 15.4 Å². The Bertz CT molecular complexity index is 409. The van der Waals surface area contributed by atoms with Gasteiger partial charge in [0.2, 0.25) is 0 Å². The number of amides is 1. The van der Waals surface area contributed by atoms with Crippen molar-refractivity contribution in [3.8, 4) is 5.75 Å². The molecule has 1 amide bonds. The normalized spacial score (nSPS) is 18.5. The molecule has 2 atom stereocenters. The fraction of sp³-hybridized carbons (Fsp3) is 0.500. The summed E-state index contributed by atoms with van der Waals surface area (Å²) in [7, 11) is 0. The fourth-order valence-corrected chi connectivity index (χ4v) is 2.03. The lowest BCUT2D eigenvalue weighted by atomic mass is 10.1. The summed E-state index contributed by atoms with van der Waals surface area (Å²) in [6, 6.07) is 7.71. The first-order chi connectivity index (χ1) is 9.16. The SMILES string of the molecule is CC(O)CNCCNC(=O)C1Cc2ccccc2O1. The number of ether oxygens (including phenoxy) is 1. The minimum atomic E-state index is -0.422. The van der Waals surface area contributed by atoms with E-state index in [1.807, 2.05) is 24.3 Å². The average Bonchev–Trinajstić information content (AvgIpc) is 2.81. The predicted molar refractivity (Wildman–Crippen MR) is 72.1 cm³/mol. The summed E-state index contributed by atoms with van der Waals surface area (Å²) in [5.74, 6) is 0.713. The van der Waals surface area contributed by atoms with E-state index < -0.39 is 6.10 Å². The molecule has 2 unspecified atom stereocenters. The summed E-state index contributed by atoms with van der Waals surface area (Å²) in [4.78, 5) is 11.9. The first kappa shape index (κ1) is 13.8. The zero-order valence-electron chi connectivity index (χ0n) is 11.1. The molecule has 0 aliphatic carbocycles. The van der Waals surface area contributed by atoms with Crippen LogP contribution in [0.2, 0.25) is 0 Å². The number of aliphatic hydroxyl groups is 1. The number of fused-ring (bicyclic) bond motifs is 1. The Balaban J connectivity index is 1.68. The monoisotopic (exact) mass is 264 g/mol. The van der Waals surface area contributed by atoms with E-state index in [1.54, 1.807) is 6.92 Å². The first-order valence-corrected chi connectivity index (χ1v) is 6.58. The third kappa shape index (κ3) is 3.94. The van der Waals surface area contributed by atoms with E-state index in [4.69, 9.17) is 9.84 Å². The summed E-state index contributed by atoms with van der Waals surface area (Å²) in [6.07, 6.45) is -0.166. The van der Waals surface area contributed by atoms with Crippen molar-refractivity contribution < 1.29 is 14.6 Å². The lowest BCUT2D eigenvalue weighted by Gasteiger charge is -2.12. The van der Waals surface area contributed by atoms with Gasteiger partial charge >= 0.3 is 0 Å². The Labute approximate surface area is 113 Å². The maximum Gasteiger partial charge on any atom is 0.261 e. The second-order valence-corrected chi connectivity index (χ2v) is 4.76. The van der Waals surface area contributed by atoms with Crippen molar-refractivity contribution in [3.05, 3.63) is 29.8 Å². The minimum Gasteiger partial charge on any atom is -0.480 e. The van der Waals surface area contributed by atoms with Gasteiger partial charge in [0.05, 0.1) is 6.10 Å². The second-order valence-electron chi connectivity index (χ2n) is 4.76. The lowest BCUT2D eigenvalue weighted by molar-refractivity contribution is -0.127. The van der Waals surface area contributed by atoms with Gasteiger partial charge in [-0.25, -0.2) is 0 Å². The molecule has 1 aromatic carbocycles. The number of benzene rings is 1. The molecule has 1 aliphatic rings. The van der Waals surface area contributed by atoms with Gasteiger partial charge in [0.25, 0.3) is 5.91 Å². The van der Waals surface area contributed by atoms with Crippen LogP contribution in [0.15, 0.2) is 24.3 Å². The van der Waals surface area contributed by atoms with Crippen molar-refractivity contribution in [2.45, 2.75) is 25.6 Å². The van der Waals surface area contributed by atoms with Crippen molar-refractivity contribution in [1.29, 1.82) is 0 Å². The quantitative estimate of drug-likeness (QED) is 0.636. The van der Waals surface area contributed by atoms with Gasteiger partial charge in [-0.05, 0) is 18.6 Å². The minimum absolute atomic E-state index is 0.0879. The van der Waals surface area contributed by atoms with Gasteiger partial charge in [-0.3, -0.25) is 4.79 Å². The molecule has 0 spiro atoms. The van der Waals surface area contributed by atoms with Crippen LogP contribution in [-0.2, 0) is 11.2 Å². The van der Waals surface area contributed by atoms with Crippen LogP contribution >= 0.6 is 0 Å². The highest BCUT2D eigenvalue weighted by Gasteiger charge is 2.28. The summed E-state index contributed by atoms with van der Waals surface area (Å²) < 4.78 is 5.59. The Morgan fingerprint density at radius 3 is 3.00 bits per heavy atom. The third-order valence-electron chi connectivity index (χ3n) is 2.98. The third-order valence-corrected chi connectivity index (χ3v) is 2.98. The van der Waals surface area contributed by atoms with E-state index in [0.717, 1.165) is 11.3 Å². The van der Waals surface area contributed by atoms with Crippen molar-refractivity contribution in [1.82, 2.24) is 10.6 Å². The molecule has 1 aromatic rings. The number of aliphatic hydroxyl groups excluding tert-OH is 1. The Kier molecular flexibility index (Phi) is 4.76. The van der Waals surface area contributed by atoms with Gasteiger partial charge in [-0.2, -0.15) is 0 Å². The Morgan fingerprint density at radius 1 is 1.47 bits per heavy atom. The summed E-state index contributed by atoms with van der Waals surface area (Å²) in [6.45, 7) is 3.41. The molecule has 0 bridgehead atoms. The molecule has 5 nitrogen and oxygen atoms in total. The summed E-state index contributed by atoms with van der Waals surface area (Å²) >= 11 is 0. The molecule has 2 rings (SSSR count). The van der Waals surface area contributed by atoms with Crippen LogP contribution in [0.5, 0.6) is 5.75 Å². The molecule has 0 radical (unpaired) electrons. The molecule has 0 saturated carbocycles. The Hall–Kier alpha value is -1.59. The van der Waals surface area contributed by atoms with Gasteiger partial charge in [-0.1, -0.05) is 18.2 Å². The summed E-state index contributed by atoms with van der Waals surface area (Å²) in [5, 5.41) is 14.9. The predicted octanol–water partition coefficient (Wildman–Crippen LogP) is 0.0767. The van der Waals surface area contributed by atoms with Crippen LogP contribution in [0.4, 0.5) is 0 Å². The topological polar surface area (TPSA) is 70.6 Å². The highest BCUT2D eigenvalue weighted by Crippen LogP contribution is 2.27. The number of carbonyl (C=O) groups is 1. The van der Waals surface area contributed by atoms with E-state index in [1.165, 1.54) is 0 Å². The van der Waals surface area contributed by atoms with Crippen molar-refractivity contribution >= 4 is 5.91 Å². The lowest BCUT2D eigenvalue weighted by Crippen LogP contribution is -2.41. The van der Waals surface area contributed by atoms with E-state index in [9.17, 15) is 4.79 Å². The van der Waals surface area contributed by atoms with Crippen molar-refractivity contribution in [2.75, 3.05) is 19.6 Å². The van der Waals surface area contributed by atoms with Crippen LogP contribution in [-0.4, -0.2) is 42.9 Å². The van der Waals surface area contributed by atoms with Crippen molar-refractivity contribution in [2.24, 2.45) is 0 Å². The molecule has 0 saturated heterocycles. The maximum absolute atomic E-state index is 11.9. The van der Waals surface area contributed by atoms with Crippen LogP contribution in [0.1, 0.15) is 12.5 Å². The molecule has 104 valence electrons. The van der Waals surface area contributed by atoms with Crippen LogP contribution in [0.25, 0.3) is 0 Å². The zero-order chi connectivity index (χ0) is 13.7. The maximum atomic E-state index is 11.9.